The molecule has 0 fully saturated rings. The molecule has 0 aromatic rings. The van der Waals surface area contributed by atoms with Gasteiger partial charge in [0.25, 0.3) is 0 Å². The van der Waals surface area contributed by atoms with Gasteiger partial charge in [0.15, 0.2) is 0 Å². The first-order valence-electron chi connectivity index (χ1n) is 10.6. The molecular formula is C22H41BrN2O6. The van der Waals surface area contributed by atoms with Gasteiger partial charge in [0.2, 0.25) is 0 Å². The van der Waals surface area contributed by atoms with Gasteiger partial charge in [-0.05, 0) is 62.3 Å². The van der Waals surface area contributed by atoms with Gasteiger partial charge in [0.05, 0.1) is 19.6 Å². The molecule has 0 saturated heterocycles. The molecule has 0 atom stereocenters. The number of carbonyl (C=O) groups is 3. The molecule has 0 N–H and O–H groups in total. The second kappa shape index (κ2) is 12.7. The molecule has 0 amide bonds. The lowest BCUT2D eigenvalue weighted by Crippen LogP contribution is -2.45. The first-order chi connectivity index (χ1) is 13.9. The Bertz CT molecular complexity index is 560. The molecule has 0 rings (SSSR count). The molecule has 0 spiro atoms. The number of esters is 3. The van der Waals surface area contributed by atoms with Crippen molar-refractivity contribution in [1.29, 1.82) is 0 Å². The van der Waals surface area contributed by atoms with Crippen molar-refractivity contribution < 1.29 is 28.6 Å². The lowest BCUT2D eigenvalue weighted by molar-refractivity contribution is -0.161. The second-order valence-electron chi connectivity index (χ2n) is 10.4. The quantitative estimate of drug-likeness (QED) is 0.239. The van der Waals surface area contributed by atoms with E-state index < -0.39 is 28.7 Å². The monoisotopic (exact) mass is 508 g/mol. The van der Waals surface area contributed by atoms with Gasteiger partial charge in [-0.2, -0.15) is 0 Å². The maximum Gasteiger partial charge on any atom is 0.320 e. The van der Waals surface area contributed by atoms with Crippen molar-refractivity contribution in [2.75, 3.05) is 44.6 Å². The molecule has 0 unspecified atom stereocenters. The highest BCUT2D eigenvalue weighted by Gasteiger charge is 2.25. The van der Waals surface area contributed by atoms with Gasteiger partial charge in [-0.25, -0.2) is 0 Å². The van der Waals surface area contributed by atoms with Crippen LogP contribution in [-0.4, -0.2) is 89.1 Å². The predicted molar refractivity (Wildman–Crippen MR) is 124 cm³/mol. The Balaban J connectivity index is 5.12. The summed E-state index contributed by atoms with van der Waals surface area (Å²) in [6.07, 6.45) is 0. The average Bonchev–Trinajstić information content (AvgIpc) is 2.46. The van der Waals surface area contributed by atoms with Gasteiger partial charge in [-0.1, -0.05) is 15.9 Å². The number of hydrogen-bond acceptors (Lipinski definition) is 8. The topological polar surface area (TPSA) is 85.4 Å². The highest BCUT2D eigenvalue weighted by atomic mass is 79.9. The molecule has 0 radical (unpaired) electrons. The molecule has 9 heteroatoms. The minimum absolute atomic E-state index is 0.0505. The van der Waals surface area contributed by atoms with Crippen LogP contribution in [0.4, 0.5) is 0 Å². The van der Waals surface area contributed by atoms with Crippen molar-refractivity contribution in [3.8, 4) is 0 Å². The van der Waals surface area contributed by atoms with Crippen LogP contribution in [0.1, 0.15) is 62.3 Å². The van der Waals surface area contributed by atoms with Gasteiger partial charge < -0.3 is 14.2 Å². The Kier molecular flexibility index (Phi) is 12.3. The summed E-state index contributed by atoms with van der Waals surface area (Å²) >= 11 is 3.40. The normalized spacial score (nSPS) is 12.8. The van der Waals surface area contributed by atoms with Gasteiger partial charge >= 0.3 is 17.9 Å². The van der Waals surface area contributed by atoms with Gasteiger partial charge in [-0.3, -0.25) is 24.2 Å². The largest absolute Gasteiger partial charge is 0.459 e. The first kappa shape index (κ1) is 29.8. The molecule has 0 aromatic heterocycles. The van der Waals surface area contributed by atoms with Crippen LogP contribution in [0.3, 0.4) is 0 Å². The summed E-state index contributed by atoms with van der Waals surface area (Å²) < 4.78 is 16.2. The third-order valence-electron chi connectivity index (χ3n) is 3.45. The summed E-state index contributed by atoms with van der Waals surface area (Å²) in [5.74, 6) is -1.16. The Hall–Kier alpha value is -1.19. The third kappa shape index (κ3) is 18.1. The van der Waals surface area contributed by atoms with Crippen LogP contribution >= 0.6 is 15.9 Å². The average molecular weight is 509 g/mol. The van der Waals surface area contributed by atoms with Gasteiger partial charge in [0, 0.05) is 25.0 Å². The summed E-state index contributed by atoms with van der Waals surface area (Å²) in [6, 6.07) is 0. The SMILES string of the molecule is CC(C)(C)OC(=O)CN(CCBr)CCN(CC(=O)OC(C)(C)C)CC(=O)OC(C)(C)C. The molecule has 31 heavy (non-hydrogen) atoms. The van der Waals surface area contributed by atoms with Crippen molar-refractivity contribution in [2.24, 2.45) is 0 Å². The second-order valence-corrected chi connectivity index (χ2v) is 11.2. The lowest BCUT2D eigenvalue weighted by atomic mass is 10.2. The van der Waals surface area contributed by atoms with E-state index in [-0.39, 0.29) is 25.6 Å². The van der Waals surface area contributed by atoms with Gasteiger partial charge in [0.1, 0.15) is 16.8 Å². The lowest BCUT2D eigenvalue weighted by Gasteiger charge is -2.29. The van der Waals surface area contributed by atoms with E-state index in [1.165, 1.54) is 0 Å². The number of ether oxygens (including phenoxy) is 3. The standard InChI is InChI=1S/C22H41BrN2O6/c1-20(2,3)29-17(26)14-24(11-10-23)12-13-25(15-18(27)30-21(4,5)6)16-19(28)31-22(7,8)9/h10-16H2,1-9H3. The van der Waals surface area contributed by atoms with Crippen LogP contribution in [0.5, 0.6) is 0 Å². The Morgan fingerprint density at radius 3 is 1.16 bits per heavy atom. The summed E-state index contributed by atoms with van der Waals surface area (Å²) in [5.41, 5.74) is -1.79. The Morgan fingerprint density at radius 1 is 0.581 bits per heavy atom. The molecule has 0 aliphatic rings. The summed E-state index contributed by atoms with van der Waals surface area (Å²) in [5, 5.41) is 0.675. The summed E-state index contributed by atoms with van der Waals surface area (Å²) in [4.78, 5) is 40.5. The molecule has 0 aromatic carbocycles. The maximum atomic E-state index is 12.3. The molecule has 0 saturated carbocycles. The van der Waals surface area contributed by atoms with Crippen LogP contribution in [0, 0.1) is 0 Å². The Labute approximate surface area is 196 Å². The van der Waals surface area contributed by atoms with E-state index in [2.05, 4.69) is 15.9 Å². The van der Waals surface area contributed by atoms with Crippen molar-refractivity contribution in [2.45, 2.75) is 79.1 Å². The minimum Gasteiger partial charge on any atom is -0.459 e. The molecule has 8 nitrogen and oxygen atoms in total. The maximum absolute atomic E-state index is 12.3. The van der Waals surface area contributed by atoms with E-state index in [9.17, 15) is 14.4 Å². The number of hydrogen-bond donors (Lipinski definition) is 0. The highest BCUT2D eigenvalue weighted by Crippen LogP contribution is 2.11. The van der Waals surface area contributed by atoms with E-state index >= 15 is 0 Å². The highest BCUT2D eigenvalue weighted by molar-refractivity contribution is 9.09. The fraction of sp³-hybridized carbons (Fsp3) is 0.864. The number of alkyl halides is 1. The van der Waals surface area contributed by atoms with Crippen molar-refractivity contribution in [3.05, 3.63) is 0 Å². The van der Waals surface area contributed by atoms with Crippen LogP contribution in [-0.2, 0) is 28.6 Å². The third-order valence-corrected chi connectivity index (χ3v) is 3.81. The smallest absolute Gasteiger partial charge is 0.320 e. The molecule has 182 valence electrons. The fourth-order valence-corrected chi connectivity index (χ4v) is 3.06. The molecule has 0 bridgehead atoms. The Morgan fingerprint density at radius 2 is 0.871 bits per heavy atom. The van der Waals surface area contributed by atoms with E-state index in [0.717, 1.165) is 0 Å². The zero-order valence-corrected chi connectivity index (χ0v) is 22.3. The van der Waals surface area contributed by atoms with Crippen LogP contribution in [0.2, 0.25) is 0 Å². The first-order valence-corrected chi connectivity index (χ1v) is 11.7. The minimum atomic E-state index is -0.618. The fourth-order valence-electron chi connectivity index (χ4n) is 2.56. The van der Waals surface area contributed by atoms with Gasteiger partial charge in [-0.15, -0.1) is 0 Å². The number of nitrogens with zero attached hydrogens (tertiary/aromatic N) is 2. The van der Waals surface area contributed by atoms with Crippen molar-refractivity contribution >= 4 is 33.8 Å². The number of halogens is 1. The predicted octanol–water partition coefficient (Wildman–Crippen LogP) is 3.01. The van der Waals surface area contributed by atoms with Crippen molar-refractivity contribution in [1.82, 2.24) is 9.80 Å². The van der Waals surface area contributed by atoms with E-state index in [1.807, 2.05) is 25.7 Å². The van der Waals surface area contributed by atoms with Crippen LogP contribution in [0.15, 0.2) is 0 Å². The zero-order chi connectivity index (χ0) is 24.5. The summed E-state index contributed by atoms with van der Waals surface area (Å²) in [7, 11) is 0. The van der Waals surface area contributed by atoms with Crippen LogP contribution in [0.25, 0.3) is 0 Å². The van der Waals surface area contributed by atoms with E-state index in [4.69, 9.17) is 14.2 Å². The molecule has 0 heterocycles. The summed E-state index contributed by atoms with van der Waals surface area (Å²) in [6.45, 7) is 17.7. The molecular weight excluding hydrogens is 468 g/mol. The number of rotatable bonds is 11. The molecule has 0 aliphatic carbocycles. The van der Waals surface area contributed by atoms with Crippen LogP contribution < -0.4 is 0 Å². The van der Waals surface area contributed by atoms with Crippen molar-refractivity contribution in [3.63, 3.8) is 0 Å². The molecule has 0 aliphatic heterocycles. The van der Waals surface area contributed by atoms with E-state index in [0.29, 0.717) is 25.0 Å². The van der Waals surface area contributed by atoms with E-state index in [1.54, 1.807) is 46.4 Å². The number of carbonyl (C=O) groups excluding carboxylic acids is 3. The zero-order valence-electron chi connectivity index (χ0n) is 20.7.